The molecule has 5 rings (SSSR count). The second kappa shape index (κ2) is 12.0. The quantitative estimate of drug-likeness (QED) is 0.422. The number of aliphatic carboxylic acids is 1. The maximum atomic E-state index is 14.2. The van der Waals surface area contributed by atoms with Crippen molar-refractivity contribution in [3.8, 4) is 0 Å². The standard InChI is InChI=1S/C33H37ClN2O4/c1-21(2)16-29-27-11-10-24(34)18-28(27)30(26-9-5-7-23-6-3-4-8-25(23)26)19-36(33(29)40)20-31(37)35-14-12-22(13-15-35)17-32(38)39/h3-11,18,21-22,29-30,34H,12-17,19-20H2,1-2H3/p+1. The number of amides is 2. The maximum absolute atomic E-state index is 14.2. The van der Waals surface area contributed by atoms with Gasteiger partial charge in [-0.25, -0.2) is 0 Å². The van der Waals surface area contributed by atoms with Crippen LogP contribution in [0.3, 0.4) is 0 Å². The minimum absolute atomic E-state index is 0.0103. The topological polar surface area (TPSA) is 77.9 Å². The molecule has 2 aliphatic heterocycles. The molecule has 3 aromatic carbocycles. The van der Waals surface area contributed by atoms with Crippen LogP contribution in [0, 0.1) is 23.4 Å². The summed E-state index contributed by atoms with van der Waals surface area (Å²) in [6, 6.07) is 20.6. The Kier molecular flexibility index (Phi) is 8.46. The first-order valence-corrected chi connectivity index (χ1v) is 14.7. The highest BCUT2D eigenvalue weighted by molar-refractivity contribution is 5.91. The van der Waals surface area contributed by atoms with Gasteiger partial charge in [0.2, 0.25) is 16.8 Å². The van der Waals surface area contributed by atoms with Gasteiger partial charge >= 0.3 is 5.97 Å². The van der Waals surface area contributed by atoms with Crippen LogP contribution in [0.25, 0.3) is 10.8 Å². The molecule has 7 heteroatoms. The molecule has 6 nitrogen and oxygen atoms in total. The first-order chi connectivity index (χ1) is 19.2. The van der Waals surface area contributed by atoms with Crippen molar-refractivity contribution in [2.45, 2.75) is 51.4 Å². The molecular weight excluding hydrogens is 524 g/mol. The minimum atomic E-state index is -0.794. The van der Waals surface area contributed by atoms with E-state index in [1.54, 1.807) is 9.80 Å². The van der Waals surface area contributed by atoms with Gasteiger partial charge in [-0.3, -0.25) is 14.4 Å². The predicted molar refractivity (Wildman–Crippen MR) is 153 cm³/mol. The van der Waals surface area contributed by atoms with Crippen molar-refractivity contribution in [3.05, 3.63) is 82.4 Å². The van der Waals surface area contributed by atoms with Gasteiger partial charge in [-0.1, -0.05) is 62.4 Å². The monoisotopic (exact) mass is 561 g/mol. The summed E-state index contributed by atoms with van der Waals surface area (Å²) < 4.78 is 0. The fourth-order valence-electron chi connectivity index (χ4n) is 6.49. The average molecular weight is 562 g/mol. The third-order valence-corrected chi connectivity index (χ3v) is 8.74. The Labute approximate surface area is 240 Å². The summed E-state index contributed by atoms with van der Waals surface area (Å²) in [5.41, 5.74) is 3.21. The zero-order chi connectivity index (χ0) is 28.4. The molecule has 210 valence electrons. The number of piperidine rings is 1. The van der Waals surface area contributed by atoms with Gasteiger partial charge in [-0.15, -0.1) is 0 Å². The minimum Gasteiger partial charge on any atom is -0.481 e. The highest BCUT2D eigenvalue weighted by atomic mass is 35.5. The number of carbonyl (C=O) groups is 3. The molecule has 0 spiro atoms. The van der Waals surface area contributed by atoms with Crippen LogP contribution < -0.4 is 0 Å². The van der Waals surface area contributed by atoms with Crippen molar-refractivity contribution in [2.24, 2.45) is 11.8 Å². The van der Waals surface area contributed by atoms with Crippen LogP contribution in [0.4, 0.5) is 0 Å². The van der Waals surface area contributed by atoms with Crippen molar-refractivity contribution in [3.63, 3.8) is 0 Å². The molecule has 0 radical (unpaired) electrons. The number of rotatable bonds is 7. The Morgan fingerprint density at radius 1 is 0.975 bits per heavy atom. The van der Waals surface area contributed by atoms with E-state index >= 15 is 0 Å². The Morgan fingerprint density at radius 3 is 2.42 bits per heavy atom. The summed E-state index contributed by atoms with van der Waals surface area (Å²) in [5, 5.41) is 12.2. The molecule has 3 aromatic rings. The van der Waals surface area contributed by atoms with E-state index < -0.39 is 5.97 Å². The third-order valence-electron chi connectivity index (χ3n) is 8.48. The summed E-state index contributed by atoms with van der Waals surface area (Å²) >= 11 is 5.62. The van der Waals surface area contributed by atoms with Gasteiger partial charge in [0.05, 0.1) is 12.5 Å². The fourth-order valence-corrected chi connectivity index (χ4v) is 6.69. The number of nitrogens with zero attached hydrogens (tertiary/aromatic N) is 2. The van der Waals surface area contributed by atoms with E-state index in [1.807, 2.05) is 24.3 Å². The number of carbonyl (C=O) groups excluding carboxylic acids is 2. The number of halogens is 1. The summed E-state index contributed by atoms with van der Waals surface area (Å²) in [5.74, 6) is -0.961. The molecule has 0 aromatic heterocycles. The average Bonchev–Trinajstić information content (AvgIpc) is 3.03. The van der Waals surface area contributed by atoms with Gasteiger partial charge in [0.1, 0.15) is 0 Å². The van der Waals surface area contributed by atoms with Gasteiger partial charge in [0.15, 0.2) is 11.6 Å². The lowest BCUT2D eigenvalue weighted by molar-refractivity contribution is -0.289. The molecule has 2 atom stereocenters. The summed E-state index contributed by atoms with van der Waals surface area (Å²) in [6.07, 6.45) is 2.18. The van der Waals surface area contributed by atoms with E-state index in [2.05, 4.69) is 50.2 Å². The molecule has 2 aliphatic rings. The van der Waals surface area contributed by atoms with Crippen molar-refractivity contribution in [1.29, 1.82) is 0 Å². The fraction of sp³-hybridized carbons (Fsp3) is 0.424. The van der Waals surface area contributed by atoms with E-state index in [4.69, 9.17) is 16.7 Å². The van der Waals surface area contributed by atoms with E-state index in [-0.39, 0.29) is 42.5 Å². The second-order valence-corrected chi connectivity index (χ2v) is 12.2. The molecule has 1 N–H and O–H groups in total. The Balaban J connectivity index is 1.51. The second-order valence-electron chi connectivity index (χ2n) is 11.7. The maximum Gasteiger partial charge on any atom is 0.303 e. The van der Waals surface area contributed by atoms with Crippen LogP contribution in [0.15, 0.2) is 60.7 Å². The van der Waals surface area contributed by atoms with Crippen LogP contribution in [-0.4, -0.2) is 58.9 Å². The number of hydrogen-bond donors (Lipinski definition) is 1. The number of carboxylic acids is 1. The van der Waals surface area contributed by atoms with Crippen molar-refractivity contribution in [1.82, 2.24) is 9.80 Å². The Morgan fingerprint density at radius 2 is 1.70 bits per heavy atom. The van der Waals surface area contributed by atoms with E-state index in [0.29, 0.717) is 44.8 Å². The molecule has 0 saturated carbocycles. The summed E-state index contributed by atoms with van der Waals surface area (Å²) in [4.78, 5) is 42.5. The highest BCUT2D eigenvalue weighted by Gasteiger charge is 2.38. The SMILES string of the molecule is CC(C)CC1C(=O)N(CC(=O)N2CCC(CC(=O)O)CC2)CC(c2cccc3ccccc23)c2cc([ClH+])ccc21. The van der Waals surface area contributed by atoms with Gasteiger partial charge < -0.3 is 14.9 Å². The Hall–Kier alpha value is -3.38. The van der Waals surface area contributed by atoms with Crippen molar-refractivity contribution < 1.29 is 31.1 Å². The van der Waals surface area contributed by atoms with Crippen LogP contribution in [0.1, 0.15) is 68.1 Å². The van der Waals surface area contributed by atoms with Crippen LogP contribution in [0.5, 0.6) is 0 Å². The van der Waals surface area contributed by atoms with Crippen LogP contribution in [0.2, 0.25) is 5.02 Å². The van der Waals surface area contributed by atoms with Gasteiger partial charge in [0.25, 0.3) is 0 Å². The molecule has 1 saturated heterocycles. The molecule has 40 heavy (non-hydrogen) atoms. The van der Waals surface area contributed by atoms with Gasteiger partial charge in [-0.2, -0.15) is 0 Å². The first kappa shape index (κ1) is 28.2. The number of likely N-dealkylation sites (tertiary alicyclic amines) is 1. The normalized spacial score (nSPS) is 20.1. The van der Waals surface area contributed by atoms with E-state index in [9.17, 15) is 14.4 Å². The third kappa shape index (κ3) is 6.02. The number of carboxylic acid groups (broad SMARTS) is 1. The number of hydrogen-bond acceptors (Lipinski definition) is 3. The molecular formula is C33H38ClN2O4+. The highest BCUT2D eigenvalue weighted by Crippen LogP contribution is 2.41. The summed E-state index contributed by atoms with van der Waals surface area (Å²) in [6.45, 7) is 5.72. The van der Waals surface area contributed by atoms with E-state index in [0.717, 1.165) is 32.5 Å². The van der Waals surface area contributed by atoms with Gasteiger partial charge in [-0.05, 0) is 58.6 Å². The molecule has 2 unspecified atom stereocenters. The van der Waals surface area contributed by atoms with Crippen molar-refractivity contribution >= 4 is 28.6 Å². The van der Waals surface area contributed by atoms with Crippen molar-refractivity contribution in [2.75, 3.05) is 26.2 Å². The lowest BCUT2D eigenvalue weighted by Gasteiger charge is -2.34. The predicted octanol–water partition coefficient (Wildman–Crippen LogP) is 5.35. The van der Waals surface area contributed by atoms with Gasteiger partial charge in [0, 0.05) is 44.1 Å². The molecule has 2 amide bonds. The number of fused-ring (bicyclic) bond motifs is 2. The lowest BCUT2D eigenvalue weighted by Crippen LogP contribution is -2.47. The van der Waals surface area contributed by atoms with Crippen LogP contribution >= 0.6 is 0 Å². The molecule has 1 fully saturated rings. The molecule has 2 heterocycles. The summed E-state index contributed by atoms with van der Waals surface area (Å²) in [7, 11) is 0. The van der Waals surface area contributed by atoms with E-state index in [1.165, 1.54) is 0 Å². The zero-order valence-corrected chi connectivity index (χ0v) is 24.0. The first-order valence-electron chi connectivity index (χ1n) is 14.3. The Bertz CT molecular complexity index is 1410. The lowest BCUT2D eigenvalue weighted by atomic mass is 9.81. The van der Waals surface area contributed by atoms with Crippen LogP contribution in [-0.2, 0) is 14.4 Å². The molecule has 0 aliphatic carbocycles. The molecule has 0 bridgehead atoms. The number of benzene rings is 3. The smallest absolute Gasteiger partial charge is 0.303 e. The largest absolute Gasteiger partial charge is 0.481 e. The zero-order valence-electron chi connectivity index (χ0n) is 23.2.